The van der Waals surface area contributed by atoms with Gasteiger partial charge in [0.2, 0.25) is 0 Å². The van der Waals surface area contributed by atoms with Crippen LogP contribution in [-0.4, -0.2) is 40.6 Å². The standard InChI is InChI=1S/C12H12ClNO5S/c13-6-1-2-9(19-4-10(15)16)7(3-6)11-14-8(5-20-11)12(17)18/h1-3,8,11,14H,4-5H2,(H,15,16)(H,17,18). The van der Waals surface area contributed by atoms with Gasteiger partial charge in [-0.15, -0.1) is 11.8 Å². The molecular weight excluding hydrogens is 306 g/mol. The lowest BCUT2D eigenvalue weighted by atomic mass is 10.2. The quantitative estimate of drug-likeness (QED) is 0.759. The van der Waals surface area contributed by atoms with Crippen molar-refractivity contribution in [3.8, 4) is 5.75 Å². The van der Waals surface area contributed by atoms with Crippen LogP contribution in [0.4, 0.5) is 0 Å². The third kappa shape index (κ3) is 3.56. The molecule has 1 aromatic carbocycles. The normalized spacial score (nSPS) is 21.6. The number of nitrogens with one attached hydrogen (secondary N) is 1. The van der Waals surface area contributed by atoms with Crippen LogP contribution in [0.15, 0.2) is 18.2 Å². The van der Waals surface area contributed by atoms with Gasteiger partial charge in [-0.3, -0.25) is 10.1 Å². The molecule has 0 radical (unpaired) electrons. The first-order valence-corrected chi connectivity index (χ1v) is 7.14. The summed E-state index contributed by atoms with van der Waals surface area (Å²) in [5.41, 5.74) is 0.646. The zero-order valence-electron chi connectivity index (χ0n) is 10.2. The Kier molecular flexibility index (Phi) is 4.74. The van der Waals surface area contributed by atoms with E-state index in [0.717, 1.165) is 0 Å². The smallest absolute Gasteiger partial charge is 0.341 e. The average Bonchev–Trinajstić information content (AvgIpc) is 2.86. The molecule has 1 heterocycles. The Morgan fingerprint density at radius 1 is 1.45 bits per heavy atom. The lowest BCUT2D eigenvalue weighted by molar-refractivity contribution is -0.139. The molecule has 0 spiro atoms. The van der Waals surface area contributed by atoms with Gasteiger partial charge >= 0.3 is 11.9 Å². The molecule has 8 heteroatoms. The number of carbonyl (C=O) groups is 2. The minimum Gasteiger partial charge on any atom is -0.482 e. The van der Waals surface area contributed by atoms with Crippen molar-refractivity contribution < 1.29 is 24.5 Å². The van der Waals surface area contributed by atoms with E-state index in [2.05, 4.69) is 5.32 Å². The van der Waals surface area contributed by atoms with Gasteiger partial charge in [-0.05, 0) is 18.2 Å². The Labute approximate surface area is 124 Å². The summed E-state index contributed by atoms with van der Waals surface area (Å²) in [6.45, 7) is -0.464. The lowest BCUT2D eigenvalue weighted by Gasteiger charge is -2.16. The number of thioether (sulfide) groups is 1. The predicted molar refractivity (Wildman–Crippen MR) is 74.3 cm³/mol. The highest BCUT2D eigenvalue weighted by atomic mass is 35.5. The number of carboxylic acids is 2. The van der Waals surface area contributed by atoms with Gasteiger partial charge in [0.15, 0.2) is 6.61 Å². The molecule has 0 saturated carbocycles. The molecule has 2 unspecified atom stereocenters. The van der Waals surface area contributed by atoms with E-state index >= 15 is 0 Å². The number of hydrogen-bond acceptors (Lipinski definition) is 5. The van der Waals surface area contributed by atoms with E-state index < -0.39 is 24.6 Å². The first-order valence-electron chi connectivity index (χ1n) is 5.72. The monoisotopic (exact) mass is 317 g/mol. The van der Waals surface area contributed by atoms with Crippen LogP contribution in [0, 0.1) is 0 Å². The Hall–Kier alpha value is -1.44. The van der Waals surface area contributed by atoms with Crippen molar-refractivity contribution in [2.75, 3.05) is 12.4 Å². The van der Waals surface area contributed by atoms with Crippen LogP contribution in [0.1, 0.15) is 10.9 Å². The Balaban J connectivity index is 2.19. The number of ether oxygens (including phenoxy) is 1. The van der Waals surface area contributed by atoms with Crippen LogP contribution in [0.2, 0.25) is 5.02 Å². The molecule has 1 aromatic rings. The van der Waals surface area contributed by atoms with E-state index in [1.807, 2.05) is 0 Å². The summed E-state index contributed by atoms with van der Waals surface area (Å²) >= 11 is 7.34. The molecule has 1 aliphatic heterocycles. The summed E-state index contributed by atoms with van der Waals surface area (Å²) in [7, 11) is 0. The summed E-state index contributed by atoms with van der Waals surface area (Å²) in [6.07, 6.45) is 0. The first-order chi connectivity index (χ1) is 9.47. The fraction of sp³-hybridized carbons (Fsp3) is 0.333. The van der Waals surface area contributed by atoms with Gasteiger partial charge in [0.05, 0.1) is 5.37 Å². The third-order valence-corrected chi connectivity index (χ3v) is 4.17. The summed E-state index contributed by atoms with van der Waals surface area (Å²) < 4.78 is 5.20. The van der Waals surface area contributed by atoms with Crippen LogP contribution >= 0.6 is 23.4 Å². The maximum absolute atomic E-state index is 10.9. The van der Waals surface area contributed by atoms with Crippen molar-refractivity contribution in [1.82, 2.24) is 5.32 Å². The summed E-state index contributed by atoms with van der Waals surface area (Å²) in [5, 5.41) is 20.7. The molecule has 0 bridgehead atoms. The zero-order chi connectivity index (χ0) is 14.7. The second-order valence-corrected chi connectivity index (χ2v) is 5.71. The molecule has 1 saturated heterocycles. The summed E-state index contributed by atoms with van der Waals surface area (Å²) in [4.78, 5) is 21.5. The van der Waals surface area contributed by atoms with E-state index in [-0.39, 0.29) is 5.37 Å². The topological polar surface area (TPSA) is 95.9 Å². The van der Waals surface area contributed by atoms with E-state index in [4.69, 9.17) is 26.6 Å². The molecule has 20 heavy (non-hydrogen) atoms. The summed E-state index contributed by atoms with van der Waals surface area (Å²) in [5.74, 6) is -1.20. The van der Waals surface area contributed by atoms with Gasteiger partial charge in [-0.1, -0.05) is 11.6 Å². The maximum atomic E-state index is 10.9. The highest BCUT2D eigenvalue weighted by Gasteiger charge is 2.32. The first kappa shape index (κ1) is 15.0. The van der Waals surface area contributed by atoms with Crippen molar-refractivity contribution in [1.29, 1.82) is 0 Å². The zero-order valence-corrected chi connectivity index (χ0v) is 11.8. The molecule has 108 valence electrons. The molecule has 3 N–H and O–H groups in total. The van der Waals surface area contributed by atoms with Gasteiger partial charge < -0.3 is 14.9 Å². The van der Waals surface area contributed by atoms with Crippen LogP contribution in [0.5, 0.6) is 5.75 Å². The van der Waals surface area contributed by atoms with Gasteiger partial charge in [-0.25, -0.2) is 4.79 Å². The molecule has 2 atom stereocenters. The minimum atomic E-state index is -1.08. The van der Waals surface area contributed by atoms with Crippen LogP contribution in [-0.2, 0) is 9.59 Å². The number of carboxylic acid groups (broad SMARTS) is 2. The Morgan fingerprint density at radius 3 is 2.80 bits per heavy atom. The van der Waals surface area contributed by atoms with E-state index in [1.165, 1.54) is 11.8 Å². The molecule has 6 nitrogen and oxygen atoms in total. The fourth-order valence-corrected chi connectivity index (χ4v) is 3.22. The molecule has 2 rings (SSSR count). The van der Waals surface area contributed by atoms with Crippen LogP contribution in [0.3, 0.4) is 0 Å². The van der Waals surface area contributed by atoms with Crippen LogP contribution < -0.4 is 10.1 Å². The largest absolute Gasteiger partial charge is 0.482 e. The van der Waals surface area contributed by atoms with Crippen molar-refractivity contribution in [3.05, 3.63) is 28.8 Å². The second kappa shape index (κ2) is 6.34. The van der Waals surface area contributed by atoms with Crippen molar-refractivity contribution >= 4 is 35.3 Å². The van der Waals surface area contributed by atoms with Crippen molar-refractivity contribution in [3.63, 3.8) is 0 Å². The fourth-order valence-electron chi connectivity index (χ4n) is 1.79. The number of benzene rings is 1. The van der Waals surface area contributed by atoms with Gasteiger partial charge in [0, 0.05) is 16.3 Å². The predicted octanol–water partition coefficient (Wildman–Crippen LogP) is 1.59. The number of rotatable bonds is 5. The SMILES string of the molecule is O=C(O)COc1ccc(Cl)cc1C1NC(C(=O)O)CS1. The van der Waals surface area contributed by atoms with Crippen molar-refractivity contribution in [2.45, 2.75) is 11.4 Å². The minimum absolute atomic E-state index is 0.293. The third-order valence-electron chi connectivity index (χ3n) is 2.69. The van der Waals surface area contributed by atoms with Gasteiger partial charge in [0.25, 0.3) is 0 Å². The highest BCUT2D eigenvalue weighted by Crippen LogP contribution is 2.39. The molecular formula is C12H12ClNO5S. The second-order valence-electron chi connectivity index (χ2n) is 4.14. The van der Waals surface area contributed by atoms with Gasteiger partial charge in [0.1, 0.15) is 11.8 Å². The number of hydrogen-bond donors (Lipinski definition) is 3. The van der Waals surface area contributed by atoms with E-state index in [9.17, 15) is 9.59 Å². The summed E-state index contributed by atoms with van der Waals surface area (Å²) in [6, 6.07) is 4.18. The molecule has 0 aromatic heterocycles. The van der Waals surface area contributed by atoms with E-state index in [0.29, 0.717) is 22.1 Å². The Bertz CT molecular complexity index is 539. The molecule has 1 fully saturated rings. The van der Waals surface area contributed by atoms with Gasteiger partial charge in [-0.2, -0.15) is 0 Å². The van der Waals surface area contributed by atoms with Crippen molar-refractivity contribution in [2.24, 2.45) is 0 Å². The molecule has 1 aliphatic rings. The Morgan fingerprint density at radius 2 is 2.20 bits per heavy atom. The average molecular weight is 318 g/mol. The molecule has 0 amide bonds. The molecule has 0 aliphatic carbocycles. The van der Waals surface area contributed by atoms with E-state index in [1.54, 1.807) is 18.2 Å². The number of halogens is 1. The number of aliphatic carboxylic acids is 2. The van der Waals surface area contributed by atoms with Crippen LogP contribution in [0.25, 0.3) is 0 Å². The highest BCUT2D eigenvalue weighted by molar-refractivity contribution is 7.99. The maximum Gasteiger partial charge on any atom is 0.341 e. The lowest BCUT2D eigenvalue weighted by Crippen LogP contribution is -2.33.